The van der Waals surface area contributed by atoms with Crippen LogP contribution in [-0.4, -0.2) is 25.5 Å². The Morgan fingerprint density at radius 3 is 2.50 bits per heavy atom. The Balaban J connectivity index is 1.67. The molecule has 0 unspecified atom stereocenters. The lowest BCUT2D eigenvalue weighted by atomic mass is 10.1. The van der Waals surface area contributed by atoms with Gasteiger partial charge in [0.25, 0.3) is 5.91 Å². The van der Waals surface area contributed by atoms with Crippen molar-refractivity contribution < 1.29 is 18.7 Å². The lowest BCUT2D eigenvalue weighted by Crippen LogP contribution is -2.32. The van der Waals surface area contributed by atoms with Crippen molar-refractivity contribution in [2.45, 2.75) is 6.04 Å². The van der Waals surface area contributed by atoms with E-state index in [1.807, 2.05) is 17.5 Å². The number of amides is 1. The fraction of sp³-hybridized carbons (Fsp3) is 0.143. The minimum absolute atomic E-state index is 0.350. The van der Waals surface area contributed by atoms with E-state index in [-0.39, 0.29) is 5.82 Å². The molecule has 1 amide bonds. The van der Waals surface area contributed by atoms with Crippen molar-refractivity contribution in [2.75, 3.05) is 19.0 Å². The average Bonchev–Trinajstić information content (AvgIpc) is 3.25. The lowest BCUT2D eigenvalue weighted by molar-refractivity contribution is -0.124. The van der Waals surface area contributed by atoms with Crippen LogP contribution in [0.25, 0.3) is 0 Å². The van der Waals surface area contributed by atoms with Crippen LogP contribution in [0.1, 0.15) is 26.8 Å². The smallest absolute Gasteiger partial charge is 0.340 e. The zero-order chi connectivity index (χ0) is 19.9. The van der Waals surface area contributed by atoms with Crippen molar-refractivity contribution in [2.24, 2.45) is 0 Å². The van der Waals surface area contributed by atoms with Crippen molar-refractivity contribution in [3.8, 4) is 0 Å². The van der Waals surface area contributed by atoms with E-state index in [0.29, 0.717) is 11.3 Å². The van der Waals surface area contributed by atoms with Crippen LogP contribution in [0, 0.1) is 5.82 Å². The molecule has 0 bridgehead atoms. The number of carbonyl (C=O) groups excluding carboxylic acids is 2. The first-order valence-corrected chi connectivity index (χ1v) is 9.48. The fourth-order valence-corrected chi connectivity index (χ4v) is 3.52. The van der Waals surface area contributed by atoms with Gasteiger partial charge < -0.3 is 15.4 Å². The molecule has 3 aromatic rings. The summed E-state index contributed by atoms with van der Waals surface area (Å²) in [5.74, 6) is -1.38. The van der Waals surface area contributed by atoms with Gasteiger partial charge >= 0.3 is 5.97 Å². The van der Waals surface area contributed by atoms with Gasteiger partial charge in [0, 0.05) is 17.6 Å². The number of hydrogen-bond acceptors (Lipinski definition) is 5. The molecule has 2 N–H and O–H groups in total. The summed E-state index contributed by atoms with van der Waals surface area (Å²) in [6.45, 7) is -0.417. The standard InChI is InChI=1S/C21H19FN2O3S/c1-23-17-6-3-2-5-16(17)21(26)27-13-19(25)24-20(18-7-4-12-28-18)14-8-10-15(22)11-9-14/h2-12,20,23H,13H2,1H3,(H,24,25)/t20-/m0/s1. The number of benzene rings is 2. The number of nitrogens with one attached hydrogen (secondary N) is 2. The van der Waals surface area contributed by atoms with Crippen LogP contribution < -0.4 is 10.6 Å². The Morgan fingerprint density at radius 2 is 1.82 bits per heavy atom. The molecule has 0 aliphatic heterocycles. The van der Waals surface area contributed by atoms with E-state index < -0.39 is 24.5 Å². The van der Waals surface area contributed by atoms with E-state index in [0.717, 1.165) is 10.4 Å². The number of esters is 1. The van der Waals surface area contributed by atoms with Crippen LogP contribution in [0.4, 0.5) is 10.1 Å². The Bertz CT molecular complexity index is 943. The van der Waals surface area contributed by atoms with Crippen molar-refractivity contribution >= 4 is 28.9 Å². The Hall–Kier alpha value is -3.19. The largest absolute Gasteiger partial charge is 0.452 e. The van der Waals surface area contributed by atoms with E-state index in [1.54, 1.807) is 43.4 Å². The van der Waals surface area contributed by atoms with Gasteiger partial charge in [0.05, 0.1) is 11.6 Å². The van der Waals surface area contributed by atoms with E-state index in [9.17, 15) is 14.0 Å². The molecule has 0 saturated heterocycles. The van der Waals surface area contributed by atoms with Crippen LogP contribution in [0.5, 0.6) is 0 Å². The molecule has 3 rings (SSSR count). The van der Waals surface area contributed by atoms with Gasteiger partial charge in [-0.1, -0.05) is 30.3 Å². The maximum absolute atomic E-state index is 13.2. The lowest BCUT2D eigenvalue weighted by Gasteiger charge is -2.18. The molecule has 1 aromatic heterocycles. The molecular formula is C21H19FN2O3S. The molecule has 1 atom stereocenters. The monoisotopic (exact) mass is 398 g/mol. The molecule has 7 heteroatoms. The number of rotatable bonds is 7. The molecule has 2 aromatic carbocycles. The second kappa shape index (κ2) is 9.14. The highest BCUT2D eigenvalue weighted by Gasteiger charge is 2.20. The van der Waals surface area contributed by atoms with Crippen LogP contribution >= 0.6 is 11.3 Å². The normalized spacial score (nSPS) is 11.5. The molecule has 0 spiro atoms. The number of halogens is 1. The van der Waals surface area contributed by atoms with Crippen molar-refractivity contribution in [1.82, 2.24) is 5.32 Å². The molecule has 0 radical (unpaired) electrons. The summed E-state index contributed by atoms with van der Waals surface area (Å²) < 4.78 is 18.4. The van der Waals surface area contributed by atoms with E-state index >= 15 is 0 Å². The molecule has 0 fully saturated rings. The summed E-state index contributed by atoms with van der Waals surface area (Å²) >= 11 is 1.47. The highest BCUT2D eigenvalue weighted by molar-refractivity contribution is 7.10. The van der Waals surface area contributed by atoms with Crippen LogP contribution in [-0.2, 0) is 9.53 Å². The van der Waals surface area contributed by atoms with Gasteiger partial charge in [0.2, 0.25) is 0 Å². The zero-order valence-corrected chi connectivity index (χ0v) is 16.0. The Morgan fingerprint density at radius 1 is 1.07 bits per heavy atom. The van der Waals surface area contributed by atoms with Gasteiger partial charge in [-0.2, -0.15) is 0 Å². The Labute approximate surface area is 166 Å². The molecule has 144 valence electrons. The first-order valence-electron chi connectivity index (χ1n) is 8.60. The molecule has 0 saturated carbocycles. The first kappa shape index (κ1) is 19.6. The predicted molar refractivity (Wildman–Crippen MR) is 107 cm³/mol. The van der Waals surface area contributed by atoms with Gasteiger partial charge in [-0.15, -0.1) is 11.3 Å². The average molecular weight is 398 g/mol. The summed E-state index contributed by atoms with van der Waals surface area (Å²) in [4.78, 5) is 25.6. The third-order valence-corrected chi connectivity index (χ3v) is 5.02. The third kappa shape index (κ3) is 4.75. The van der Waals surface area contributed by atoms with Crippen molar-refractivity contribution in [3.63, 3.8) is 0 Å². The fourth-order valence-electron chi connectivity index (χ4n) is 2.72. The second-order valence-corrected chi connectivity index (χ2v) is 6.92. The van der Waals surface area contributed by atoms with Gasteiger partial charge in [-0.05, 0) is 41.3 Å². The molecule has 0 aliphatic rings. The summed E-state index contributed by atoms with van der Waals surface area (Å²) in [6, 6.07) is 16.1. The van der Waals surface area contributed by atoms with Crippen LogP contribution in [0.2, 0.25) is 0 Å². The summed E-state index contributed by atoms with van der Waals surface area (Å²) in [5, 5.41) is 7.65. The van der Waals surface area contributed by atoms with E-state index in [4.69, 9.17) is 4.74 Å². The summed E-state index contributed by atoms with van der Waals surface area (Å²) in [7, 11) is 1.70. The van der Waals surface area contributed by atoms with Crippen LogP contribution in [0.3, 0.4) is 0 Å². The van der Waals surface area contributed by atoms with Crippen LogP contribution in [0.15, 0.2) is 66.0 Å². The third-order valence-electron chi connectivity index (χ3n) is 4.09. The van der Waals surface area contributed by atoms with Gasteiger partial charge in [0.1, 0.15) is 5.82 Å². The number of carbonyl (C=O) groups is 2. The number of ether oxygens (including phenoxy) is 1. The van der Waals surface area contributed by atoms with Crippen molar-refractivity contribution in [1.29, 1.82) is 0 Å². The summed E-state index contributed by atoms with van der Waals surface area (Å²) in [5.41, 5.74) is 1.71. The topological polar surface area (TPSA) is 67.4 Å². The van der Waals surface area contributed by atoms with Crippen molar-refractivity contribution in [3.05, 3.63) is 87.9 Å². The number of thiophene rings is 1. The predicted octanol–water partition coefficient (Wildman–Crippen LogP) is 3.99. The minimum atomic E-state index is -0.588. The van der Waals surface area contributed by atoms with Gasteiger partial charge in [0.15, 0.2) is 6.61 Å². The molecule has 1 heterocycles. The zero-order valence-electron chi connectivity index (χ0n) is 15.1. The highest BCUT2D eigenvalue weighted by atomic mass is 32.1. The van der Waals surface area contributed by atoms with Gasteiger partial charge in [-0.3, -0.25) is 4.79 Å². The number of anilines is 1. The van der Waals surface area contributed by atoms with E-state index in [2.05, 4.69) is 10.6 Å². The quantitative estimate of drug-likeness (QED) is 0.591. The maximum Gasteiger partial charge on any atom is 0.340 e. The number of para-hydroxylation sites is 1. The summed E-state index contributed by atoms with van der Waals surface area (Å²) in [6.07, 6.45) is 0. The highest BCUT2D eigenvalue weighted by Crippen LogP contribution is 2.26. The maximum atomic E-state index is 13.2. The Kier molecular flexibility index (Phi) is 6.39. The van der Waals surface area contributed by atoms with E-state index in [1.165, 1.54) is 23.5 Å². The molecule has 0 aliphatic carbocycles. The molecule has 5 nitrogen and oxygen atoms in total. The number of hydrogen-bond donors (Lipinski definition) is 2. The second-order valence-electron chi connectivity index (χ2n) is 5.94. The molecular weight excluding hydrogens is 379 g/mol. The molecule has 28 heavy (non-hydrogen) atoms. The minimum Gasteiger partial charge on any atom is -0.452 e. The first-order chi connectivity index (χ1) is 13.6. The van der Waals surface area contributed by atoms with Gasteiger partial charge in [-0.25, -0.2) is 9.18 Å². The SMILES string of the molecule is CNc1ccccc1C(=O)OCC(=O)N[C@@H](c1ccc(F)cc1)c1cccs1.